The number of carbonyl (C=O) groups excluding carboxylic acids is 1. The molecule has 0 aliphatic rings. The van der Waals surface area contributed by atoms with Gasteiger partial charge in [-0.05, 0) is 43.3 Å². The molecule has 0 unspecified atom stereocenters. The SMILES string of the molecule is Cc1cc2cc(NC(=O)c3cccc4ccn(C)c34)ccc2[nH]1. The maximum Gasteiger partial charge on any atom is 0.257 e. The van der Waals surface area contributed by atoms with E-state index in [0.29, 0.717) is 5.56 Å². The molecule has 2 heterocycles. The fourth-order valence-corrected chi connectivity index (χ4v) is 3.09. The molecule has 23 heavy (non-hydrogen) atoms. The smallest absolute Gasteiger partial charge is 0.257 e. The van der Waals surface area contributed by atoms with Crippen LogP contribution in [-0.2, 0) is 7.05 Å². The van der Waals surface area contributed by atoms with Crippen molar-refractivity contribution in [2.45, 2.75) is 6.92 Å². The van der Waals surface area contributed by atoms with Crippen molar-refractivity contribution in [3.05, 3.63) is 66.0 Å². The number of carbonyl (C=O) groups is 1. The molecule has 0 saturated heterocycles. The summed E-state index contributed by atoms with van der Waals surface area (Å²) < 4.78 is 1.98. The maximum absolute atomic E-state index is 12.7. The van der Waals surface area contributed by atoms with Gasteiger partial charge in [0.2, 0.25) is 0 Å². The normalized spacial score (nSPS) is 11.2. The number of hydrogen-bond donors (Lipinski definition) is 2. The molecule has 0 fully saturated rings. The molecule has 0 atom stereocenters. The molecule has 4 nitrogen and oxygen atoms in total. The van der Waals surface area contributed by atoms with Crippen molar-refractivity contribution in [3.8, 4) is 0 Å². The number of rotatable bonds is 2. The van der Waals surface area contributed by atoms with Crippen LogP contribution in [0.25, 0.3) is 21.8 Å². The van der Waals surface area contributed by atoms with Gasteiger partial charge in [0.25, 0.3) is 5.91 Å². The molecule has 4 rings (SSSR count). The quantitative estimate of drug-likeness (QED) is 0.572. The van der Waals surface area contributed by atoms with Crippen LogP contribution in [0.3, 0.4) is 0 Å². The molecule has 1 amide bonds. The van der Waals surface area contributed by atoms with E-state index < -0.39 is 0 Å². The Kier molecular flexibility index (Phi) is 2.98. The van der Waals surface area contributed by atoms with Crippen molar-refractivity contribution in [2.75, 3.05) is 5.32 Å². The second-order valence-electron chi connectivity index (χ2n) is 5.88. The van der Waals surface area contributed by atoms with Gasteiger partial charge in [0.15, 0.2) is 0 Å². The Labute approximate surface area is 133 Å². The minimum Gasteiger partial charge on any atom is -0.359 e. The molecule has 0 saturated carbocycles. The first kappa shape index (κ1) is 13.6. The van der Waals surface area contributed by atoms with E-state index in [-0.39, 0.29) is 5.91 Å². The summed E-state index contributed by atoms with van der Waals surface area (Å²) in [5.74, 6) is -0.0935. The van der Waals surface area contributed by atoms with Crippen molar-refractivity contribution in [2.24, 2.45) is 7.05 Å². The van der Waals surface area contributed by atoms with Gasteiger partial charge in [-0.15, -0.1) is 0 Å². The lowest BCUT2D eigenvalue weighted by Crippen LogP contribution is -2.13. The third kappa shape index (κ3) is 2.28. The van der Waals surface area contributed by atoms with Crippen LogP contribution in [0.15, 0.2) is 54.7 Å². The predicted molar refractivity (Wildman–Crippen MR) is 93.9 cm³/mol. The van der Waals surface area contributed by atoms with E-state index >= 15 is 0 Å². The van der Waals surface area contributed by atoms with Gasteiger partial charge in [-0.1, -0.05) is 12.1 Å². The first-order chi connectivity index (χ1) is 11.1. The zero-order chi connectivity index (χ0) is 16.0. The van der Waals surface area contributed by atoms with Crippen molar-refractivity contribution in [1.82, 2.24) is 9.55 Å². The molecular formula is C19H17N3O. The number of H-pyrrole nitrogens is 1. The Hall–Kier alpha value is -3.01. The van der Waals surface area contributed by atoms with E-state index in [1.807, 2.05) is 67.2 Å². The summed E-state index contributed by atoms with van der Waals surface area (Å²) in [4.78, 5) is 16.0. The molecule has 0 spiro atoms. The van der Waals surface area contributed by atoms with Crippen molar-refractivity contribution in [1.29, 1.82) is 0 Å². The lowest BCUT2D eigenvalue weighted by molar-refractivity contribution is 0.102. The van der Waals surface area contributed by atoms with Crippen LogP contribution >= 0.6 is 0 Å². The number of para-hydroxylation sites is 1. The van der Waals surface area contributed by atoms with Gasteiger partial charge in [0.05, 0.1) is 11.1 Å². The number of aromatic amines is 1. The Morgan fingerprint density at radius 1 is 1.09 bits per heavy atom. The summed E-state index contributed by atoms with van der Waals surface area (Å²) in [5, 5.41) is 5.16. The summed E-state index contributed by atoms with van der Waals surface area (Å²) in [6.45, 7) is 2.02. The summed E-state index contributed by atoms with van der Waals surface area (Å²) in [6, 6.07) is 15.8. The number of aromatic nitrogens is 2. The highest BCUT2D eigenvalue weighted by molar-refractivity contribution is 6.12. The highest BCUT2D eigenvalue weighted by atomic mass is 16.1. The number of nitrogens with zero attached hydrogens (tertiary/aromatic N) is 1. The lowest BCUT2D eigenvalue weighted by atomic mass is 10.1. The number of benzene rings is 2. The number of fused-ring (bicyclic) bond motifs is 2. The van der Waals surface area contributed by atoms with Crippen LogP contribution in [0.4, 0.5) is 5.69 Å². The number of aryl methyl sites for hydroxylation is 2. The zero-order valence-corrected chi connectivity index (χ0v) is 13.1. The van der Waals surface area contributed by atoms with Crippen molar-refractivity contribution in [3.63, 3.8) is 0 Å². The van der Waals surface area contributed by atoms with Crippen LogP contribution in [0.5, 0.6) is 0 Å². The van der Waals surface area contributed by atoms with E-state index in [1.54, 1.807) is 0 Å². The third-order valence-electron chi connectivity index (χ3n) is 4.16. The third-order valence-corrected chi connectivity index (χ3v) is 4.16. The molecule has 2 N–H and O–H groups in total. The molecule has 114 valence electrons. The van der Waals surface area contributed by atoms with Crippen LogP contribution < -0.4 is 5.32 Å². The van der Waals surface area contributed by atoms with Crippen LogP contribution in [0.1, 0.15) is 16.1 Å². The molecule has 4 aromatic rings. The van der Waals surface area contributed by atoms with E-state index in [9.17, 15) is 4.79 Å². The first-order valence-electron chi connectivity index (χ1n) is 7.56. The molecule has 4 heteroatoms. The Morgan fingerprint density at radius 3 is 2.83 bits per heavy atom. The second-order valence-corrected chi connectivity index (χ2v) is 5.88. The monoisotopic (exact) mass is 303 g/mol. The van der Waals surface area contributed by atoms with Gasteiger partial charge in [-0.3, -0.25) is 4.79 Å². The zero-order valence-electron chi connectivity index (χ0n) is 13.1. The largest absolute Gasteiger partial charge is 0.359 e. The highest BCUT2D eigenvalue weighted by Gasteiger charge is 2.13. The minimum absolute atomic E-state index is 0.0935. The molecule has 2 aromatic carbocycles. The number of hydrogen-bond acceptors (Lipinski definition) is 1. The Bertz CT molecular complexity index is 1040. The summed E-state index contributed by atoms with van der Waals surface area (Å²) in [6.07, 6.45) is 1.97. The molecule has 0 aliphatic heterocycles. The lowest BCUT2D eigenvalue weighted by Gasteiger charge is -2.08. The second kappa shape index (κ2) is 5.02. The minimum atomic E-state index is -0.0935. The predicted octanol–water partition coefficient (Wildman–Crippen LogP) is 4.22. The topological polar surface area (TPSA) is 49.8 Å². The Balaban J connectivity index is 1.71. The average Bonchev–Trinajstić information content (AvgIpc) is 3.09. The van der Waals surface area contributed by atoms with E-state index in [1.165, 1.54) is 0 Å². The van der Waals surface area contributed by atoms with Gasteiger partial charge in [0, 0.05) is 40.9 Å². The van der Waals surface area contributed by atoms with Gasteiger partial charge in [-0.25, -0.2) is 0 Å². The fraction of sp³-hybridized carbons (Fsp3) is 0.105. The van der Waals surface area contributed by atoms with E-state index in [4.69, 9.17) is 0 Å². The van der Waals surface area contributed by atoms with Crippen LogP contribution in [0.2, 0.25) is 0 Å². The average molecular weight is 303 g/mol. The maximum atomic E-state index is 12.7. The van der Waals surface area contributed by atoms with Crippen molar-refractivity contribution < 1.29 is 4.79 Å². The number of anilines is 1. The van der Waals surface area contributed by atoms with Gasteiger partial charge in [-0.2, -0.15) is 0 Å². The van der Waals surface area contributed by atoms with E-state index in [2.05, 4.69) is 16.4 Å². The summed E-state index contributed by atoms with van der Waals surface area (Å²) in [5.41, 5.74) is 4.61. The van der Waals surface area contributed by atoms with Crippen LogP contribution in [0, 0.1) is 6.92 Å². The fourth-order valence-electron chi connectivity index (χ4n) is 3.09. The van der Waals surface area contributed by atoms with Crippen LogP contribution in [-0.4, -0.2) is 15.5 Å². The number of nitrogens with one attached hydrogen (secondary N) is 2. The van der Waals surface area contributed by atoms with Gasteiger partial charge in [0.1, 0.15) is 0 Å². The summed E-state index contributed by atoms with van der Waals surface area (Å²) >= 11 is 0. The molecular weight excluding hydrogens is 286 g/mol. The van der Waals surface area contributed by atoms with E-state index in [0.717, 1.165) is 33.2 Å². The van der Waals surface area contributed by atoms with Gasteiger partial charge >= 0.3 is 0 Å². The molecule has 0 bridgehead atoms. The molecule has 2 aromatic heterocycles. The van der Waals surface area contributed by atoms with Gasteiger partial charge < -0.3 is 14.9 Å². The first-order valence-corrected chi connectivity index (χ1v) is 7.56. The van der Waals surface area contributed by atoms with Crippen molar-refractivity contribution >= 4 is 33.4 Å². The Morgan fingerprint density at radius 2 is 1.96 bits per heavy atom. The molecule has 0 aliphatic carbocycles. The standard InChI is InChI=1S/C19H17N3O/c1-12-10-14-11-15(6-7-17(14)20-12)21-19(23)16-5-3-4-13-8-9-22(2)18(13)16/h3-11,20H,1-2H3,(H,21,23). The number of amides is 1. The molecule has 0 radical (unpaired) electrons. The summed E-state index contributed by atoms with van der Waals surface area (Å²) in [7, 11) is 1.95. The highest BCUT2D eigenvalue weighted by Crippen LogP contribution is 2.23.